The molecule has 4 aliphatic rings. The molecule has 1 N–H and O–H groups in total. The lowest BCUT2D eigenvalue weighted by molar-refractivity contribution is -0.103. The van der Waals surface area contributed by atoms with E-state index in [1.54, 1.807) is 0 Å². The fraction of sp³-hybridized carbons (Fsp3) is 0.947. The highest BCUT2D eigenvalue weighted by Gasteiger charge is 2.59. The predicted octanol–water partition coefficient (Wildman–Crippen LogP) is 4.59. The van der Waals surface area contributed by atoms with Crippen LogP contribution in [0.15, 0.2) is 0 Å². The van der Waals surface area contributed by atoms with E-state index < -0.39 is 0 Å². The highest BCUT2D eigenvalue weighted by Crippen LogP contribution is 2.65. The molecule has 0 saturated heterocycles. The Morgan fingerprint density at radius 3 is 2.65 bits per heavy atom. The highest BCUT2D eigenvalue weighted by molar-refractivity contribution is 5.12. The third-order valence-corrected chi connectivity index (χ3v) is 8.25. The molecule has 113 valence electrons. The third kappa shape index (κ3) is 1.65. The van der Waals surface area contributed by atoms with Crippen molar-refractivity contribution in [2.24, 2.45) is 34.5 Å². The molecule has 2 unspecified atom stereocenters. The largest absolute Gasteiger partial charge is 0.393 e. The topological polar surface area (TPSA) is 20.2 Å². The summed E-state index contributed by atoms with van der Waals surface area (Å²) in [6, 6.07) is 0. The van der Waals surface area contributed by atoms with Gasteiger partial charge in [0.2, 0.25) is 0 Å². The molecular formula is C19H31O. The monoisotopic (exact) mass is 275 g/mol. The minimum Gasteiger partial charge on any atom is -0.393 e. The van der Waals surface area contributed by atoms with E-state index in [0.29, 0.717) is 5.41 Å². The number of hydrogen-bond donors (Lipinski definition) is 1. The summed E-state index contributed by atoms with van der Waals surface area (Å²) in [6.07, 6.45) is 14.9. The van der Waals surface area contributed by atoms with Gasteiger partial charge in [0.1, 0.15) is 0 Å². The van der Waals surface area contributed by atoms with Crippen LogP contribution in [0.5, 0.6) is 0 Å². The van der Waals surface area contributed by atoms with Gasteiger partial charge in [0.05, 0.1) is 6.10 Å². The minimum absolute atomic E-state index is 0.0192. The van der Waals surface area contributed by atoms with Crippen molar-refractivity contribution in [3.8, 4) is 0 Å². The zero-order valence-electron chi connectivity index (χ0n) is 13.3. The summed E-state index contributed by atoms with van der Waals surface area (Å²) in [5.74, 6) is 3.60. The van der Waals surface area contributed by atoms with Gasteiger partial charge in [-0.2, -0.15) is 0 Å². The van der Waals surface area contributed by atoms with Crippen molar-refractivity contribution in [2.75, 3.05) is 0 Å². The Balaban J connectivity index is 1.64. The van der Waals surface area contributed by atoms with E-state index in [4.69, 9.17) is 0 Å². The van der Waals surface area contributed by atoms with Crippen LogP contribution in [0.2, 0.25) is 0 Å². The maximum atomic E-state index is 10.5. The Hall–Kier alpha value is -0.0400. The van der Waals surface area contributed by atoms with Crippen LogP contribution in [0.4, 0.5) is 0 Å². The number of fused-ring (bicyclic) bond motifs is 5. The second-order valence-corrected chi connectivity index (χ2v) is 8.79. The van der Waals surface area contributed by atoms with Crippen LogP contribution in [0.3, 0.4) is 0 Å². The molecule has 20 heavy (non-hydrogen) atoms. The molecule has 1 heteroatoms. The van der Waals surface area contributed by atoms with Gasteiger partial charge in [0.25, 0.3) is 0 Å². The summed E-state index contributed by atoms with van der Waals surface area (Å²) in [5, 5.41) is 10.5. The quantitative estimate of drug-likeness (QED) is 0.685. The molecule has 4 rings (SSSR count). The van der Waals surface area contributed by atoms with Gasteiger partial charge in [-0.3, -0.25) is 0 Å². The van der Waals surface area contributed by atoms with Gasteiger partial charge in [-0.25, -0.2) is 0 Å². The summed E-state index contributed by atoms with van der Waals surface area (Å²) in [4.78, 5) is 0. The fourth-order valence-corrected chi connectivity index (χ4v) is 6.99. The fourth-order valence-electron chi connectivity index (χ4n) is 6.99. The Morgan fingerprint density at radius 2 is 1.80 bits per heavy atom. The second kappa shape index (κ2) is 4.48. The normalized spacial score (nSPS) is 58.6. The lowest BCUT2D eigenvalue weighted by atomic mass is 9.45. The Morgan fingerprint density at radius 1 is 0.950 bits per heavy atom. The Kier molecular flexibility index (Phi) is 3.05. The molecule has 0 heterocycles. The van der Waals surface area contributed by atoms with Crippen LogP contribution in [0.1, 0.15) is 71.6 Å². The molecule has 4 fully saturated rings. The van der Waals surface area contributed by atoms with Gasteiger partial charge < -0.3 is 5.11 Å². The van der Waals surface area contributed by atoms with Crippen LogP contribution >= 0.6 is 0 Å². The first-order chi connectivity index (χ1) is 9.56. The van der Waals surface area contributed by atoms with E-state index >= 15 is 0 Å². The van der Waals surface area contributed by atoms with Gasteiger partial charge >= 0.3 is 0 Å². The molecule has 0 spiro atoms. The molecule has 4 aliphatic carbocycles. The lowest BCUT2D eigenvalue weighted by Gasteiger charge is -2.60. The van der Waals surface area contributed by atoms with Crippen LogP contribution in [0, 0.1) is 40.9 Å². The molecule has 0 aliphatic heterocycles. The molecule has 1 nitrogen and oxygen atoms in total. The predicted molar refractivity (Wildman–Crippen MR) is 82.0 cm³/mol. The SMILES string of the molecule is C[C@]12[CH]CCCC1CC[C@@H]1[C@H]2CC[C@]2(C)C(O)CC[C@@H]12. The van der Waals surface area contributed by atoms with E-state index in [0.717, 1.165) is 30.1 Å². The third-order valence-electron chi connectivity index (χ3n) is 8.25. The van der Waals surface area contributed by atoms with E-state index in [1.807, 2.05) is 0 Å². The summed E-state index contributed by atoms with van der Waals surface area (Å²) < 4.78 is 0. The molecule has 0 amide bonds. The average Bonchev–Trinajstić information content (AvgIpc) is 2.74. The average molecular weight is 275 g/mol. The first kappa shape index (κ1) is 13.6. The zero-order valence-corrected chi connectivity index (χ0v) is 13.3. The van der Waals surface area contributed by atoms with E-state index in [1.165, 1.54) is 51.4 Å². The Labute approximate surface area is 124 Å². The molecule has 0 aromatic carbocycles. The summed E-state index contributed by atoms with van der Waals surface area (Å²) in [6.45, 7) is 4.98. The van der Waals surface area contributed by atoms with Crippen LogP contribution in [-0.2, 0) is 0 Å². The van der Waals surface area contributed by atoms with Gasteiger partial charge in [-0.05, 0) is 92.3 Å². The van der Waals surface area contributed by atoms with Crippen molar-refractivity contribution in [2.45, 2.75) is 77.7 Å². The van der Waals surface area contributed by atoms with E-state index in [-0.39, 0.29) is 11.5 Å². The molecule has 4 saturated carbocycles. The minimum atomic E-state index is -0.0192. The number of rotatable bonds is 0. The zero-order chi connectivity index (χ0) is 14.0. The molecule has 0 bridgehead atoms. The smallest absolute Gasteiger partial charge is 0.0596 e. The maximum Gasteiger partial charge on any atom is 0.0596 e. The van der Waals surface area contributed by atoms with Crippen molar-refractivity contribution in [3.63, 3.8) is 0 Å². The summed E-state index contributed by atoms with van der Waals surface area (Å²) in [7, 11) is 0. The van der Waals surface area contributed by atoms with Crippen LogP contribution in [0.25, 0.3) is 0 Å². The summed E-state index contributed by atoms with van der Waals surface area (Å²) >= 11 is 0. The number of aliphatic hydroxyl groups is 1. The highest BCUT2D eigenvalue weighted by atomic mass is 16.3. The van der Waals surface area contributed by atoms with Gasteiger partial charge in [0.15, 0.2) is 0 Å². The number of aliphatic hydroxyl groups excluding tert-OH is 1. The van der Waals surface area contributed by atoms with Crippen molar-refractivity contribution in [1.29, 1.82) is 0 Å². The first-order valence-corrected chi connectivity index (χ1v) is 9.08. The maximum absolute atomic E-state index is 10.5. The Bertz CT molecular complexity index is 391. The van der Waals surface area contributed by atoms with Crippen molar-refractivity contribution in [3.05, 3.63) is 6.42 Å². The van der Waals surface area contributed by atoms with E-state index in [2.05, 4.69) is 20.3 Å². The van der Waals surface area contributed by atoms with Crippen molar-refractivity contribution < 1.29 is 5.11 Å². The first-order valence-electron chi connectivity index (χ1n) is 9.08. The second-order valence-electron chi connectivity index (χ2n) is 8.79. The standard InChI is InChI=1S/C19H31O/c1-18-11-4-3-5-13(18)6-7-14-15-8-9-17(20)19(15,2)12-10-16(14)18/h11,13-17,20H,3-10,12H2,1-2H3/t13?,14-,15-,16+,17?,18-,19-/m0/s1. The number of hydrogen-bond acceptors (Lipinski definition) is 1. The van der Waals surface area contributed by atoms with Crippen molar-refractivity contribution >= 4 is 0 Å². The molecule has 1 radical (unpaired) electrons. The van der Waals surface area contributed by atoms with E-state index in [9.17, 15) is 5.11 Å². The molecule has 0 aromatic heterocycles. The van der Waals surface area contributed by atoms with Crippen LogP contribution < -0.4 is 0 Å². The van der Waals surface area contributed by atoms with Gasteiger partial charge in [-0.15, -0.1) is 0 Å². The summed E-state index contributed by atoms with van der Waals surface area (Å²) in [5.41, 5.74) is 0.773. The molecule has 7 atom stereocenters. The van der Waals surface area contributed by atoms with Crippen LogP contribution in [-0.4, -0.2) is 11.2 Å². The van der Waals surface area contributed by atoms with Gasteiger partial charge in [0, 0.05) is 0 Å². The molecular weight excluding hydrogens is 244 g/mol. The van der Waals surface area contributed by atoms with Crippen molar-refractivity contribution in [1.82, 2.24) is 0 Å². The molecule has 0 aromatic rings. The van der Waals surface area contributed by atoms with Gasteiger partial charge in [-0.1, -0.05) is 20.3 Å². The lowest BCUT2D eigenvalue weighted by Crippen LogP contribution is -2.53.